The van der Waals surface area contributed by atoms with Crippen molar-refractivity contribution in [3.8, 4) is 0 Å². The molecule has 0 unspecified atom stereocenters. The van der Waals surface area contributed by atoms with Crippen LogP contribution in [0, 0.1) is 5.82 Å². The number of carbonyl (C=O) groups excluding carboxylic acids is 1. The van der Waals surface area contributed by atoms with Crippen LogP contribution in [-0.2, 0) is 13.1 Å². The Bertz CT molecular complexity index is 1240. The van der Waals surface area contributed by atoms with E-state index in [1.54, 1.807) is 29.3 Å². The first-order valence-electron chi connectivity index (χ1n) is 10.2. The Morgan fingerprint density at radius 2 is 2.09 bits per heavy atom. The number of amides is 1. The van der Waals surface area contributed by atoms with Crippen molar-refractivity contribution in [2.45, 2.75) is 26.1 Å². The number of nitrogens with two attached hydrogens (primary N) is 2. The van der Waals surface area contributed by atoms with Gasteiger partial charge in [0, 0.05) is 30.9 Å². The summed E-state index contributed by atoms with van der Waals surface area (Å²) in [4.78, 5) is 16.3. The number of nitrogens with zero attached hydrogens (tertiary/aromatic N) is 5. The van der Waals surface area contributed by atoms with E-state index >= 15 is 0 Å². The first-order valence-corrected chi connectivity index (χ1v) is 10.2. The lowest BCUT2D eigenvalue weighted by Gasteiger charge is -2.19. The molecule has 3 heterocycles. The summed E-state index contributed by atoms with van der Waals surface area (Å²) in [7, 11) is 0. The molecule has 0 saturated carbocycles. The lowest BCUT2D eigenvalue weighted by atomic mass is 10.2. The molecule has 4 aromatic rings. The second kappa shape index (κ2) is 9.02. The lowest BCUT2D eigenvalue weighted by molar-refractivity contribution is 0.100. The van der Waals surface area contributed by atoms with Crippen LogP contribution in [0.4, 0.5) is 21.7 Å². The maximum absolute atomic E-state index is 14.8. The van der Waals surface area contributed by atoms with Gasteiger partial charge in [-0.3, -0.25) is 14.2 Å². The highest BCUT2D eigenvalue weighted by atomic mass is 19.1. The highest BCUT2D eigenvalue weighted by Crippen LogP contribution is 2.29. The summed E-state index contributed by atoms with van der Waals surface area (Å²) in [6.07, 6.45) is 5.16. The Morgan fingerprint density at radius 1 is 1.25 bits per heavy atom. The molecule has 1 atom stereocenters. The maximum atomic E-state index is 14.8. The number of fused-ring (bicyclic) bond motifs is 1. The molecule has 0 aliphatic heterocycles. The van der Waals surface area contributed by atoms with Gasteiger partial charge in [-0.25, -0.2) is 9.37 Å². The molecule has 3 aromatic heterocycles. The molecule has 0 radical (unpaired) electrons. The van der Waals surface area contributed by atoms with Gasteiger partial charge in [0.05, 0.1) is 35.6 Å². The van der Waals surface area contributed by atoms with Crippen molar-refractivity contribution in [1.82, 2.24) is 24.5 Å². The number of anilines is 3. The average Bonchev–Trinajstić information content (AvgIpc) is 3.45. The molecule has 0 aliphatic rings. The molecular weight excluding hydrogens is 413 g/mol. The van der Waals surface area contributed by atoms with Crippen LogP contribution >= 0.6 is 0 Å². The van der Waals surface area contributed by atoms with E-state index in [2.05, 4.69) is 25.8 Å². The van der Waals surface area contributed by atoms with Gasteiger partial charge in [-0.05, 0) is 31.2 Å². The summed E-state index contributed by atoms with van der Waals surface area (Å²) in [5.41, 5.74) is 12.9. The van der Waals surface area contributed by atoms with E-state index in [1.807, 2.05) is 29.8 Å². The molecule has 1 amide bonds. The Kier molecular flexibility index (Phi) is 5.99. The van der Waals surface area contributed by atoms with E-state index in [-0.39, 0.29) is 29.8 Å². The number of hydrogen-bond donors (Lipinski definition) is 4. The number of halogens is 1. The van der Waals surface area contributed by atoms with Gasteiger partial charge in [0.25, 0.3) is 5.91 Å². The monoisotopic (exact) mass is 437 g/mol. The number of aromatic nitrogens is 5. The number of hydrogen-bond acceptors (Lipinski definition) is 7. The third-order valence-corrected chi connectivity index (χ3v) is 5.07. The smallest absolute Gasteiger partial charge is 0.252 e. The van der Waals surface area contributed by atoms with Crippen LogP contribution in [-0.4, -0.2) is 43.0 Å². The summed E-state index contributed by atoms with van der Waals surface area (Å²) in [5, 5.41) is 15.5. The normalized spacial score (nSPS) is 12.1. The minimum atomic E-state index is -0.797. The van der Waals surface area contributed by atoms with Crippen molar-refractivity contribution in [2.24, 2.45) is 11.5 Å². The van der Waals surface area contributed by atoms with E-state index in [0.717, 1.165) is 17.0 Å². The van der Waals surface area contributed by atoms with Crippen LogP contribution in [0.3, 0.4) is 0 Å². The largest absolute Gasteiger partial charge is 0.365 e. The SMILES string of the molecule is CCn1ncc2c(Nc3nc(N[C@@H](CN)Cn4cccn4)c(F)cc3C(N)=O)cccc21. The summed E-state index contributed by atoms with van der Waals surface area (Å²) in [6.45, 7) is 3.34. The molecule has 11 heteroatoms. The number of rotatable bonds is 9. The molecule has 4 rings (SSSR count). The molecule has 0 saturated heterocycles. The fraction of sp³-hybridized carbons (Fsp3) is 0.238. The van der Waals surface area contributed by atoms with Crippen molar-refractivity contribution >= 4 is 34.1 Å². The van der Waals surface area contributed by atoms with Crippen LogP contribution in [0.25, 0.3) is 10.9 Å². The van der Waals surface area contributed by atoms with Gasteiger partial charge in [-0.2, -0.15) is 10.2 Å². The summed E-state index contributed by atoms with van der Waals surface area (Å²) >= 11 is 0. The fourth-order valence-electron chi connectivity index (χ4n) is 3.47. The van der Waals surface area contributed by atoms with Gasteiger partial charge in [0.1, 0.15) is 5.82 Å². The number of carbonyl (C=O) groups is 1. The zero-order valence-electron chi connectivity index (χ0n) is 17.5. The molecule has 0 spiro atoms. The Hall–Kier alpha value is -3.99. The van der Waals surface area contributed by atoms with Crippen LogP contribution in [0.15, 0.2) is 48.9 Å². The number of aryl methyl sites for hydroxylation is 1. The highest BCUT2D eigenvalue weighted by molar-refractivity contribution is 6.00. The molecule has 0 aliphatic carbocycles. The quantitative estimate of drug-likeness (QED) is 0.314. The van der Waals surface area contributed by atoms with Crippen LogP contribution in [0.1, 0.15) is 17.3 Å². The van der Waals surface area contributed by atoms with Crippen molar-refractivity contribution in [3.63, 3.8) is 0 Å². The minimum Gasteiger partial charge on any atom is -0.365 e. The van der Waals surface area contributed by atoms with Gasteiger partial charge >= 0.3 is 0 Å². The minimum absolute atomic E-state index is 0.0449. The van der Waals surface area contributed by atoms with E-state index in [4.69, 9.17) is 11.5 Å². The zero-order chi connectivity index (χ0) is 22.7. The van der Waals surface area contributed by atoms with Gasteiger partial charge in [-0.1, -0.05) is 6.07 Å². The Morgan fingerprint density at radius 3 is 2.78 bits per heavy atom. The molecule has 0 bridgehead atoms. The molecule has 32 heavy (non-hydrogen) atoms. The third kappa shape index (κ3) is 4.23. The second-order valence-corrected chi connectivity index (χ2v) is 7.21. The molecule has 1 aromatic carbocycles. The van der Waals surface area contributed by atoms with E-state index in [1.165, 1.54) is 0 Å². The fourth-order valence-corrected chi connectivity index (χ4v) is 3.47. The van der Waals surface area contributed by atoms with Gasteiger partial charge in [0.2, 0.25) is 0 Å². The average molecular weight is 437 g/mol. The highest BCUT2D eigenvalue weighted by Gasteiger charge is 2.19. The number of benzene rings is 1. The maximum Gasteiger partial charge on any atom is 0.252 e. The van der Waals surface area contributed by atoms with Crippen LogP contribution < -0.4 is 22.1 Å². The van der Waals surface area contributed by atoms with Crippen molar-refractivity contribution in [1.29, 1.82) is 0 Å². The first kappa shape index (κ1) is 21.2. The number of primary amides is 1. The van der Waals surface area contributed by atoms with Gasteiger partial charge < -0.3 is 22.1 Å². The van der Waals surface area contributed by atoms with E-state index < -0.39 is 11.7 Å². The Balaban J connectivity index is 1.68. The second-order valence-electron chi connectivity index (χ2n) is 7.21. The molecular formula is C21H24FN9O. The molecule has 166 valence electrons. The summed E-state index contributed by atoms with van der Waals surface area (Å²) in [5.74, 6) is -1.42. The standard InChI is InChI=1S/C21H24FN9O/c1-2-31-18-6-3-5-17(15(18)11-26-31)28-20-14(19(24)32)9-16(22)21(29-20)27-13(10-23)12-30-8-4-7-25-30/h3-9,11,13H,2,10,12,23H2,1H3,(H2,24,32)(H2,27,28,29)/t13-/m0/s1. The molecule has 0 fully saturated rings. The summed E-state index contributed by atoms with van der Waals surface area (Å²) < 4.78 is 18.3. The predicted octanol–water partition coefficient (Wildman–Crippen LogP) is 2.07. The van der Waals surface area contributed by atoms with Crippen molar-refractivity contribution in [2.75, 3.05) is 17.2 Å². The van der Waals surface area contributed by atoms with Crippen molar-refractivity contribution in [3.05, 3.63) is 60.3 Å². The number of pyridine rings is 1. The molecule has 6 N–H and O–H groups in total. The first-order chi connectivity index (χ1) is 15.5. The predicted molar refractivity (Wildman–Crippen MR) is 120 cm³/mol. The van der Waals surface area contributed by atoms with E-state index in [9.17, 15) is 9.18 Å². The van der Waals surface area contributed by atoms with Gasteiger partial charge in [-0.15, -0.1) is 0 Å². The van der Waals surface area contributed by atoms with Crippen LogP contribution in [0.2, 0.25) is 0 Å². The molecule has 10 nitrogen and oxygen atoms in total. The van der Waals surface area contributed by atoms with Crippen molar-refractivity contribution < 1.29 is 9.18 Å². The third-order valence-electron chi connectivity index (χ3n) is 5.07. The summed E-state index contributed by atoms with van der Waals surface area (Å²) in [6, 6.07) is 8.15. The number of nitrogens with one attached hydrogen (secondary N) is 2. The lowest BCUT2D eigenvalue weighted by Crippen LogP contribution is -2.34. The van der Waals surface area contributed by atoms with Crippen LogP contribution in [0.5, 0.6) is 0 Å². The topological polar surface area (TPSA) is 142 Å². The zero-order valence-corrected chi connectivity index (χ0v) is 17.5. The Labute approximate surface area is 183 Å². The van der Waals surface area contributed by atoms with Gasteiger partial charge in [0.15, 0.2) is 11.6 Å². The van der Waals surface area contributed by atoms with E-state index in [0.29, 0.717) is 18.8 Å².